The van der Waals surface area contributed by atoms with Gasteiger partial charge in [-0.3, -0.25) is 4.98 Å². The molecule has 0 fully saturated rings. The van der Waals surface area contributed by atoms with Crippen molar-refractivity contribution in [3.63, 3.8) is 0 Å². The Morgan fingerprint density at radius 1 is 1.19 bits per heavy atom. The van der Waals surface area contributed by atoms with E-state index < -0.39 is 0 Å². The fourth-order valence-corrected chi connectivity index (χ4v) is 2.10. The van der Waals surface area contributed by atoms with Crippen LogP contribution in [0.25, 0.3) is 0 Å². The minimum absolute atomic E-state index is 0.00849. The second kappa shape index (κ2) is 6.12. The first-order valence-corrected chi connectivity index (χ1v) is 7.25. The van der Waals surface area contributed by atoms with Crippen molar-refractivity contribution in [1.82, 2.24) is 9.97 Å². The van der Waals surface area contributed by atoms with Gasteiger partial charge in [0.1, 0.15) is 11.6 Å². The standard InChI is InChI=1S/C17H23N3O/c1-6-12-7-8-14(13(9-12)17(2,3)4)21-16-11-19-10-15(18-5)20-16/h7-11H,6H2,1-5H3,(H,18,20). The van der Waals surface area contributed by atoms with Crippen LogP contribution in [0.3, 0.4) is 0 Å². The highest BCUT2D eigenvalue weighted by molar-refractivity contribution is 5.44. The van der Waals surface area contributed by atoms with Crippen LogP contribution >= 0.6 is 0 Å². The molecule has 0 saturated carbocycles. The lowest BCUT2D eigenvalue weighted by molar-refractivity contribution is 0.438. The molecule has 0 spiro atoms. The number of ether oxygens (including phenoxy) is 1. The van der Waals surface area contributed by atoms with Gasteiger partial charge in [0.05, 0.1) is 12.4 Å². The van der Waals surface area contributed by atoms with E-state index in [1.165, 1.54) is 11.1 Å². The van der Waals surface area contributed by atoms with E-state index >= 15 is 0 Å². The summed E-state index contributed by atoms with van der Waals surface area (Å²) in [4.78, 5) is 8.48. The molecule has 0 atom stereocenters. The third kappa shape index (κ3) is 3.72. The zero-order valence-electron chi connectivity index (χ0n) is 13.4. The maximum Gasteiger partial charge on any atom is 0.239 e. The zero-order valence-corrected chi connectivity index (χ0v) is 13.4. The summed E-state index contributed by atoms with van der Waals surface area (Å²) in [6, 6.07) is 6.33. The number of benzene rings is 1. The Kier molecular flexibility index (Phi) is 4.46. The first-order chi connectivity index (χ1) is 9.94. The van der Waals surface area contributed by atoms with Crippen LogP contribution in [0.1, 0.15) is 38.8 Å². The Morgan fingerprint density at radius 2 is 1.95 bits per heavy atom. The second-order valence-electron chi connectivity index (χ2n) is 6.03. The van der Waals surface area contributed by atoms with Crippen molar-refractivity contribution in [2.24, 2.45) is 0 Å². The molecule has 0 aliphatic rings. The van der Waals surface area contributed by atoms with Gasteiger partial charge in [0.2, 0.25) is 5.88 Å². The monoisotopic (exact) mass is 285 g/mol. The van der Waals surface area contributed by atoms with Gasteiger partial charge in [0.15, 0.2) is 0 Å². The smallest absolute Gasteiger partial charge is 0.239 e. The van der Waals surface area contributed by atoms with Crippen molar-refractivity contribution in [2.75, 3.05) is 12.4 Å². The number of aryl methyl sites for hydroxylation is 1. The molecule has 1 N–H and O–H groups in total. The van der Waals surface area contributed by atoms with Crippen LogP contribution in [0.4, 0.5) is 5.82 Å². The van der Waals surface area contributed by atoms with Gasteiger partial charge in [-0.2, -0.15) is 4.98 Å². The van der Waals surface area contributed by atoms with Crippen LogP contribution in [0.15, 0.2) is 30.6 Å². The summed E-state index contributed by atoms with van der Waals surface area (Å²) in [7, 11) is 1.81. The lowest BCUT2D eigenvalue weighted by atomic mass is 9.85. The molecule has 4 nitrogen and oxygen atoms in total. The molecule has 0 unspecified atom stereocenters. The highest BCUT2D eigenvalue weighted by Crippen LogP contribution is 2.34. The molecule has 1 heterocycles. The van der Waals surface area contributed by atoms with E-state index in [9.17, 15) is 0 Å². The molecule has 2 aromatic rings. The fourth-order valence-electron chi connectivity index (χ4n) is 2.10. The van der Waals surface area contributed by atoms with Crippen LogP contribution in [-0.2, 0) is 11.8 Å². The van der Waals surface area contributed by atoms with E-state index in [0.717, 1.165) is 12.2 Å². The van der Waals surface area contributed by atoms with E-state index in [2.05, 4.69) is 55.1 Å². The third-order valence-electron chi connectivity index (χ3n) is 3.34. The molecule has 112 valence electrons. The predicted molar refractivity (Wildman–Crippen MR) is 86.2 cm³/mol. The minimum atomic E-state index is 0.00849. The van der Waals surface area contributed by atoms with E-state index in [4.69, 9.17) is 4.74 Å². The molecule has 1 aromatic carbocycles. The highest BCUT2D eigenvalue weighted by Gasteiger charge is 2.20. The first kappa shape index (κ1) is 15.3. The Balaban J connectivity index is 2.39. The van der Waals surface area contributed by atoms with Crippen molar-refractivity contribution in [3.05, 3.63) is 41.7 Å². The summed E-state index contributed by atoms with van der Waals surface area (Å²) in [6.45, 7) is 8.71. The summed E-state index contributed by atoms with van der Waals surface area (Å²) < 4.78 is 5.96. The first-order valence-electron chi connectivity index (χ1n) is 7.25. The molecular weight excluding hydrogens is 262 g/mol. The van der Waals surface area contributed by atoms with Gasteiger partial charge >= 0.3 is 0 Å². The predicted octanol–water partition coefficient (Wildman–Crippen LogP) is 4.17. The quantitative estimate of drug-likeness (QED) is 0.915. The third-order valence-corrected chi connectivity index (χ3v) is 3.34. The maximum atomic E-state index is 5.96. The summed E-state index contributed by atoms with van der Waals surface area (Å²) >= 11 is 0. The molecule has 21 heavy (non-hydrogen) atoms. The lowest BCUT2D eigenvalue weighted by Gasteiger charge is -2.23. The van der Waals surface area contributed by atoms with Crippen molar-refractivity contribution < 1.29 is 4.74 Å². The SMILES string of the molecule is CCc1ccc(Oc2cncc(NC)n2)c(C(C)(C)C)c1. The molecule has 0 aliphatic carbocycles. The summed E-state index contributed by atoms with van der Waals surface area (Å²) in [5.41, 5.74) is 2.50. The van der Waals surface area contributed by atoms with Crippen molar-refractivity contribution in [3.8, 4) is 11.6 Å². The van der Waals surface area contributed by atoms with E-state index in [0.29, 0.717) is 11.7 Å². The Labute approximate surface area is 126 Å². The molecule has 2 rings (SSSR count). The van der Waals surface area contributed by atoms with Crippen LogP contribution in [0, 0.1) is 0 Å². The normalized spacial score (nSPS) is 11.3. The average Bonchev–Trinajstić information content (AvgIpc) is 2.46. The fraction of sp³-hybridized carbons (Fsp3) is 0.412. The minimum Gasteiger partial charge on any atom is -0.437 e. The zero-order chi connectivity index (χ0) is 15.5. The van der Waals surface area contributed by atoms with Gasteiger partial charge in [-0.05, 0) is 23.5 Å². The van der Waals surface area contributed by atoms with E-state index in [-0.39, 0.29) is 5.41 Å². The number of aromatic nitrogens is 2. The van der Waals surface area contributed by atoms with Crippen molar-refractivity contribution in [2.45, 2.75) is 39.5 Å². The van der Waals surface area contributed by atoms with Crippen LogP contribution in [0.5, 0.6) is 11.6 Å². The summed E-state index contributed by atoms with van der Waals surface area (Å²) in [6.07, 6.45) is 4.30. The Morgan fingerprint density at radius 3 is 2.57 bits per heavy atom. The largest absolute Gasteiger partial charge is 0.437 e. The van der Waals surface area contributed by atoms with Gasteiger partial charge < -0.3 is 10.1 Å². The molecular formula is C17H23N3O. The number of nitrogens with zero attached hydrogens (tertiary/aromatic N) is 2. The second-order valence-corrected chi connectivity index (χ2v) is 6.03. The number of anilines is 1. The van der Waals surface area contributed by atoms with Crippen molar-refractivity contribution >= 4 is 5.82 Å². The molecule has 0 radical (unpaired) electrons. The van der Waals surface area contributed by atoms with Crippen LogP contribution in [0.2, 0.25) is 0 Å². The number of hydrogen-bond donors (Lipinski definition) is 1. The van der Waals surface area contributed by atoms with Gasteiger partial charge in [0, 0.05) is 12.6 Å². The number of rotatable bonds is 4. The summed E-state index contributed by atoms with van der Waals surface area (Å²) in [5, 5.41) is 2.96. The van der Waals surface area contributed by atoms with Gasteiger partial charge in [-0.15, -0.1) is 0 Å². The van der Waals surface area contributed by atoms with Gasteiger partial charge in [-0.1, -0.05) is 39.8 Å². The van der Waals surface area contributed by atoms with Gasteiger partial charge in [0.25, 0.3) is 0 Å². The van der Waals surface area contributed by atoms with Crippen LogP contribution < -0.4 is 10.1 Å². The maximum absolute atomic E-state index is 5.96. The van der Waals surface area contributed by atoms with Crippen LogP contribution in [-0.4, -0.2) is 17.0 Å². The molecule has 0 bridgehead atoms. The highest BCUT2D eigenvalue weighted by atomic mass is 16.5. The molecule has 4 heteroatoms. The average molecular weight is 285 g/mol. The molecule has 1 aromatic heterocycles. The lowest BCUT2D eigenvalue weighted by Crippen LogP contribution is -2.13. The van der Waals surface area contributed by atoms with E-state index in [1.807, 2.05) is 13.1 Å². The number of hydrogen-bond acceptors (Lipinski definition) is 4. The topological polar surface area (TPSA) is 47.0 Å². The van der Waals surface area contributed by atoms with Crippen molar-refractivity contribution in [1.29, 1.82) is 0 Å². The molecule has 0 amide bonds. The summed E-state index contributed by atoms with van der Waals surface area (Å²) in [5.74, 6) is 2.02. The molecule has 0 aliphatic heterocycles. The molecule has 0 saturated heterocycles. The van der Waals surface area contributed by atoms with E-state index in [1.54, 1.807) is 12.4 Å². The number of nitrogens with one attached hydrogen (secondary N) is 1. The Hall–Kier alpha value is -2.10. The van der Waals surface area contributed by atoms with Gasteiger partial charge in [-0.25, -0.2) is 0 Å². The Bertz CT molecular complexity index is 618.